The number of aryl methyl sites for hydroxylation is 1. The molecule has 1 atom stereocenters. The molecule has 0 fully saturated rings. The highest BCUT2D eigenvalue weighted by Gasteiger charge is 2.22. The van der Waals surface area contributed by atoms with Crippen molar-refractivity contribution in [2.75, 3.05) is 18.1 Å². The summed E-state index contributed by atoms with van der Waals surface area (Å²) in [5.74, 6) is 1.40. The summed E-state index contributed by atoms with van der Waals surface area (Å²) in [5.41, 5.74) is 8.31. The number of aromatic nitrogens is 2. The number of rotatable bonds is 3. The third-order valence-corrected chi connectivity index (χ3v) is 3.55. The Morgan fingerprint density at radius 3 is 3.00 bits per heavy atom. The van der Waals surface area contributed by atoms with Gasteiger partial charge in [0.15, 0.2) is 0 Å². The highest BCUT2D eigenvalue weighted by Crippen LogP contribution is 2.33. The topological polar surface area (TPSA) is 73.1 Å². The maximum atomic E-state index is 6.03. The Bertz CT molecular complexity index is 615. The second-order valence-corrected chi connectivity index (χ2v) is 4.90. The SMILES string of the molecule is CNc1cc(OC2CCCc3ccccc32)nc(N)n1. The van der Waals surface area contributed by atoms with Gasteiger partial charge in [0, 0.05) is 13.1 Å². The molecule has 0 bridgehead atoms. The number of nitrogens with zero attached hydrogens (tertiary/aromatic N) is 2. The summed E-state index contributed by atoms with van der Waals surface area (Å²) >= 11 is 0. The first kappa shape index (κ1) is 12.7. The molecule has 1 unspecified atom stereocenters. The molecule has 0 amide bonds. The Hall–Kier alpha value is -2.30. The lowest BCUT2D eigenvalue weighted by molar-refractivity contribution is 0.176. The van der Waals surface area contributed by atoms with Gasteiger partial charge in [-0.1, -0.05) is 24.3 Å². The van der Waals surface area contributed by atoms with Gasteiger partial charge in [0.05, 0.1) is 0 Å². The van der Waals surface area contributed by atoms with E-state index in [0.29, 0.717) is 11.7 Å². The van der Waals surface area contributed by atoms with E-state index < -0.39 is 0 Å². The predicted molar refractivity (Wildman–Crippen MR) is 78.7 cm³/mol. The molecule has 5 heteroatoms. The minimum Gasteiger partial charge on any atom is -0.469 e. The molecule has 2 aromatic rings. The Balaban J connectivity index is 1.87. The summed E-state index contributed by atoms with van der Waals surface area (Å²) in [6, 6.07) is 10.2. The fourth-order valence-corrected chi connectivity index (χ4v) is 2.61. The van der Waals surface area contributed by atoms with Crippen LogP contribution in [0.3, 0.4) is 0 Å². The Kier molecular flexibility index (Phi) is 3.41. The fraction of sp³-hybridized carbons (Fsp3) is 0.333. The lowest BCUT2D eigenvalue weighted by atomic mass is 9.89. The van der Waals surface area contributed by atoms with Crippen LogP contribution in [0.15, 0.2) is 30.3 Å². The van der Waals surface area contributed by atoms with Crippen molar-refractivity contribution in [1.29, 1.82) is 0 Å². The molecule has 1 aliphatic carbocycles. The Labute approximate surface area is 118 Å². The van der Waals surface area contributed by atoms with Crippen molar-refractivity contribution in [3.63, 3.8) is 0 Å². The molecule has 1 heterocycles. The molecule has 20 heavy (non-hydrogen) atoms. The lowest BCUT2D eigenvalue weighted by Crippen LogP contribution is -2.16. The zero-order valence-electron chi connectivity index (χ0n) is 11.5. The number of nitrogen functional groups attached to an aromatic ring is 1. The minimum absolute atomic E-state index is 0.0407. The van der Waals surface area contributed by atoms with Gasteiger partial charge in [-0.25, -0.2) is 0 Å². The van der Waals surface area contributed by atoms with E-state index in [9.17, 15) is 0 Å². The highest BCUT2D eigenvalue weighted by atomic mass is 16.5. The average Bonchev–Trinajstić information content (AvgIpc) is 2.47. The van der Waals surface area contributed by atoms with Crippen molar-refractivity contribution in [3.05, 3.63) is 41.5 Å². The molecular formula is C15H18N4O. The summed E-state index contributed by atoms with van der Waals surface area (Å²) in [4.78, 5) is 8.22. The second kappa shape index (κ2) is 5.36. The zero-order chi connectivity index (χ0) is 13.9. The van der Waals surface area contributed by atoms with Crippen LogP contribution in [-0.2, 0) is 6.42 Å². The van der Waals surface area contributed by atoms with Gasteiger partial charge >= 0.3 is 0 Å². The molecule has 0 spiro atoms. The van der Waals surface area contributed by atoms with Gasteiger partial charge in [0.25, 0.3) is 0 Å². The third kappa shape index (κ3) is 2.52. The van der Waals surface area contributed by atoms with E-state index in [-0.39, 0.29) is 12.1 Å². The predicted octanol–water partition coefficient (Wildman–Crippen LogP) is 2.56. The number of anilines is 2. The van der Waals surface area contributed by atoms with Crippen LogP contribution in [0.4, 0.5) is 11.8 Å². The van der Waals surface area contributed by atoms with Gasteiger partial charge in [-0.2, -0.15) is 9.97 Å². The first-order chi connectivity index (χ1) is 9.76. The van der Waals surface area contributed by atoms with E-state index in [1.54, 1.807) is 13.1 Å². The first-order valence-electron chi connectivity index (χ1n) is 6.83. The highest BCUT2D eigenvalue weighted by molar-refractivity contribution is 5.42. The van der Waals surface area contributed by atoms with Gasteiger partial charge in [0.2, 0.25) is 11.8 Å². The molecule has 1 aliphatic rings. The molecule has 0 saturated carbocycles. The molecule has 0 saturated heterocycles. The molecular weight excluding hydrogens is 252 g/mol. The molecule has 3 rings (SSSR count). The van der Waals surface area contributed by atoms with Crippen molar-refractivity contribution in [3.8, 4) is 5.88 Å². The lowest BCUT2D eigenvalue weighted by Gasteiger charge is -2.25. The van der Waals surface area contributed by atoms with Crippen molar-refractivity contribution in [2.24, 2.45) is 0 Å². The van der Waals surface area contributed by atoms with Crippen LogP contribution in [0.25, 0.3) is 0 Å². The number of fused-ring (bicyclic) bond motifs is 1. The van der Waals surface area contributed by atoms with E-state index in [0.717, 1.165) is 19.3 Å². The van der Waals surface area contributed by atoms with Gasteiger partial charge < -0.3 is 15.8 Å². The minimum atomic E-state index is 0.0407. The Morgan fingerprint density at radius 1 is 1.30 bits per heavy atom. The summed E-state index contributed by atoms with van der Waals surface area (Å²) in [6.07, 6.45) is 3.28. The zero-order valence-corrected chi connectivity index (χ0v) is 11.5. The smallest absolute Gasteiger partial charge is 0.225 e. The maximum absolute atomic E-state index is 6.03. The molecule has 1 aromatic heterocycles. The van der Waals surface area contributed by atoms with Crippen LogP contribution >= 0.6 is 0 Å². The number of nitrogens with one attached hydrogen (secondary N) is 1. The van der Waals surface area contributed by atoms with E-state index in [1.807, 2.05) is 6.07 Å². The number of ether oxygens (including phenoxy) is 1. The van der Waals surface area contributed by atoms with E-state index in [1.165, 1.54) is 11.1 Å². The number of nitrogens with two attached hydrogens (primary N) is 1. The molecule has 0 aliphatic heterocycles. The van der Waals surface area contributed by atoms with Gasteiger partial charge in [-0.05, 0) is 30.4 Å². The number of hydrogen-bond donors (Lipinski definition) is 2. The van der Waals surface area contributed by atoms with Crippen LogP contribution < -0.4 is 15.8 Å². The summed E-state index contributed by atoms with van der Waals surface area (Å²) in [7, 11) is 1.79. The fourth-order valence-electron chi connectivity index (χ4n) is 2.61. The molecule has 1 aromatic carbocycles. The van der Waals surface area contributed by atoms with E-state index in [4.69, 9.17) is 10.5 Å². The van der Waals surface area contributed by atoms with Crippen LogP contribution in [0.1, 0.15) is 30.1 Å². The number of benzene rings is 1. The van der Waals surface area contributed by atoms with Crippen LogP contribution in [-0.4, -0.2) is 17.0 Å². The number of hydrogen-bond acceptors (Lipinski definition) is 5. The molecule has 0 radical (unpaired) electrons. The molecule has 3 N–H and O–H groups in total. The van der Waals surface area contributed by atoms with Crippen molar-refractivity contribution >= 4 is 11.8 Å². The van der Waals surface area contributed by atoms with Gasteiger partial charge in [-0.3, -0.25) is 0 Å². The van der Waals surface area contributed by atoms with E-state index in [2.05, 4.69) is 33.5 Å². The van der Waals surface area contributed by atoms with Crippen molar-refractivity contribution in [2.45, 2.75) is 25.4 Å². The van der Waals surface area contributed by atoms with Crippen LogP contribution in [0.5, 0.6) is 5.88 Å². The maximum Gasteiger partial charge on any atom is 0.225 e. The third-order valence-electron chi connectivity index (χ3n) is 3.55. The standard InChI is InChI=1S/C15H18N4O/c1-17-13-9-14(19-15(16)18-13)20-12-8-4-6-10-5-2-3-7-11(10)12/h2-3,5,7,9,12H,4,6,8H2,1H3,(H3,16,17,18,19). The summed E-state index contributed by atoms with van der Waals surface area (Å²) in [5, 5.41) is 2.95. The van der Waals surface area contributed by atoms with Gasteiger partial charge in [0.1, 0.15) is 11.9 Å². The van der Waals surface area contributed by atoms with Gasteiger partial charge in [-0.15, -0.1) is 0 Å². The summed E-state index contributed by atoms with van der Waals surface area (Å²) in [6.45, 7) is 0. The second-order valence-electron chi connectivity index (χ2n) is 4.90. The first-order valence-corrected chi connectivity index (χ1v) is 6.83. The molecule has 104 valence electrons. The Morgan fingerprint density at radius 2 is 2.15 bits per heavy atom. The largest absolute Gasteiger partial charge is 0.469 e. The van der Waals surface area contributed by atoms with E-state index >= 15 is 0 Å². The molecule has 5 nitrogen and oxygen atoms in total. The van der Waals surface area contributed by atoms with Crippen molar-refractivity contribution < 1.29 is 4.74 Å². The average molecular weight is 270 g/mol. The normalized spacial score (nSPS) is 17.4. The van der Waals surface area contributed by atoms with Crippen molar-refractivity contribution in [1.82, 2.24) is 9.97 Å². The quantitative estimate of drug-likeness (QED) is 0.896. The van der Waals surface area contributed by atoms with Crippen LogP contribution in [0.2, 0.25) is 0 Å². The van der Waals surface area contributed by atoms with Crippen LogP contribution in [0, 0.1) is 0 Å². The monoisotopic (exact) mass is 270 g/mol. The summed E-state index contributed by atoms with van der Waals surface area (Å²) < 4.78 is 6.03.